The average Bonchev–Trinajstić information content (AvgIpc) is 3.19. The number of carbonyl (C=O) groups is 2. The van der Waals surface area contributed by atoms with Gasteiger partial charge in [0.25, 0.3) is 11.7 Å². The number of aliphatic hydroxyl groups is 1. The zero-order chi connectivity index (χ0) is 27.7. The number of ketones is 1. The van der Waals surface area contributed by atoms with Gasteiger partial charge in [-0.3, -0.25) is 14.5 Å². The first-order valence-corrected chi connectivity index (χ1v) is 12.8. The number of Topliss-reactive ketones (excluding diaryl/α,β-unsaturated/α-hetero) is 1. The van der Waals surface area contributed by atoms with Crippen LogP contribution in [0.3, 0.4) is 0 Å². The Labute approximate surface area is 234 Å². The lowest BCUT2D eigenvalue weighted by Gasteiger charge is -2.25. The van der Waals surface area contributed by atoms with Gasteiger partial charge in [-0.15, -0.1) is 0 Å². The fraction of sp³-hybridized carbons (Fsp3) is 0.0968. The van der Waals surface area contributed by atoms with Gasteiger partial charge >= 0.3 is 0 Å². The van der Waals surface area contributed by atoms with Crippen LogP contribution in [0, 0.1) is 12.7 Å². The number of nitrogens with zero attached hydrogens (tertiary/aromatic N) is 1. The molecule has 0 radical (unpaired) electrons. The highest BCUT2D eigenvalue weighted by Crippen LogP contribution is 2.43. The normalized spacial score (nSPS) is 16.5. The molecule has 1 N–H and O–H groups in total. The molecule has 5 rings (SSSR count). The average molecular weight is 562 g/mol. The number of rotatable bonds is 6. The van der Waals surface area contributed by atoms with Gasteiger partial charge < -0.3 is 9.84 Å². The topological polar surface area (TPSA) is 66.8 Å². The zero-order valence-electron chi connectivity index (χ0n) is 20.7. The van der Waals surface area contributed by atoms with E-state index in [0.29, 0.717) is 23.5 Å². The molecule has 1 fully saturated rings. The number of aliphatic hydroxyl groups excluding tert-OH is 1. The first-order valence-electron chi connectivity index (χ1n) is 12.0. The standard InChI is InChI=1S/C31H22Cl2FNO4/c1-18-14-21(11-13-26(18)39-17-19-6-3-2-4-7-19)29(36)27-28(20-10-12-24(32)25(33)15-20)35(31(38)30(27)37)23-9-5-8-22(34)16-23/h2-16,28,36H,17H2,1H3/b29-27-. The molecule has 5 nitrogen and oxygen atoms in total. The summed E-state index contributed by atoms with van der Waals surface area (Å²) in [5.74, 6) is -2.16. The summed E-state index contributed by atoms with van der Waals surface area (Å²) in [5.41, 5.74) is 2.48. The highest BCUT2D eigenvalue weighted by atomic mass is 35.5. The SMILES string of the molecule is Cc1cc(/C(O)=C2/C(=O)C(=O)N(c3cccc(F)c3)C2c2ccc(Cl)c(Cl)c2)ccc1OCc1ccccc1. The maximum absolute atomic E-state index is 14.1. The predicted molar refractivity (Wildman–Crippen MR) is 150 cm³/mol. The van der Waals surface area contributed by atoms with Crippen molar-refractivity contribution in [2.45, 2.75) is 19.6 Å². The van der Waals surface area contributed by atoms with E-state index in [1.165, 1.54) is 30.3 Å². The lowest BCUT2D eigenvalue weighted by molar-refractivity contribution is -0.132. The van der Waals surface area contributed by atoms with Gasteiger partial charge in [0.1, 0.15) is 23.9 Å². The molecule has 0 aromatic heterocycles. The minimum Gasteiger partial charge on any atom is -0.507 e. The lowest BCUT2D eigenvalue weighted by atomic mass is 9.94. The second kappa shape index (κ2) is 10.9. The Morgan fingerprint density at radius 2 is 1.69 bits per heavy atom. The fourth-order valence-electron chi connectivity index (χ4n) is 4.57. The Hall–Kier alpha value is -4.13. The maximum Gasteiger partial charge on any atom is 0.300 e. The van der Waals surface area contributed by atoms with Gasteiger partial charge in [-0.25, -0.2) is 4.39 Å². The molecule has 1 heterocycles. The zero-order valence-corrected chi connectivity index (χ0v) is 22.2. The maximum atomic E-state index is 14.1. The molecule has 4 aromatic carbocycles. The summed E-state index contributed by atoms with van der Waals surface area (Å²) >= 11 is 12.4. The van der Waals surface area contributed by atoms with E-state index in [4.69, 9.17) is 27.9 Å². The highest BCUT2D eigenvalue weighted by molar-refractivity contribution is 6.51. The number of aryl methyl sites for hydroxylation is 1. The van der Waals surface area contributed by atoms with E-state index < -0.39 is 23.5 Å². The number of anilines is 1. The number of hydrogen-bond donors (Lipinski definition) is 1. The number of amides is 1. The third-order valence-electron chi connectivity index (χ3n) is 6.48. The highest BCUT2D eigenvalue weighted by Gasteiger charge is 2.47. The molecule has 1 aliphatic rings. The third kappa shape index (κ3) is 5.26. The Balaban J connectivity index is 1.58. The van der Waals surface area contributed by atoms with Gasteiger partial charge in [0.2, 0.25) is 0 Å². The van der Waals surface area contributed by atoms with Crippen LogP contribution in [0.2, 0.25) is 10.0 Å². The van der Waals surface area contributed by atoms with Gasteiger partial charge in [0, 0.05) is 11.3 Å². The Morgan fingerprint density at radius 1 is 0.923 bits per heavy atom. The van der Waals surface area contributed by atoms with Crippen LogP contribution in [0.5, 0.6) is 5.75 Å². The minimum absolute atomic E-state index is 0.153. The van der Waals surface area contributed by atoms with Gasteiger partial charge in [-0.1, -0.05) is 65.7 Å². The summed E-state index contributed by atoms with van der Waals surface area (Å²) in [6.07, 6.45) is 0. The first kappa shape index (κ1) is 26.5. The molecular formula is C31H22Cl2FNO4. The molecule has 196 valence electrons. The molecule has 1 saturated heterocycles. The summed E-state index contributed by atoms with van der Waals surface area (Å²) in [6.45, 7) is 2.18. The van der Waals surface area contributed by atoms with Crippen LogP contribution in [-0.2, 0) is 16.2 Å². The second-order valence-electron chi connectivity index (χ2n) is 9.08. The van der Waals surface area contributed by atoms with Crippen LogP contribution in [0.25, 0.3) is 5.76 Å². The summed E-state index contributed by atoms with van der Waals surface area (Å²) in [5, 5.41) is 11.9. The van der Waals surface area contributed by atoms with Gasteiger partial charge in [0.05, 0.1) is 21.7 Å². The molecule has 39 heavy (non-hydrogen) atoms. The Morgan fingerprint density at radius 3 is 2.38 bits per heavy atom. The summed E-state index contributed by atoms with van der Waals surface area (Å²) in [7, 11) is 0. The lowest BCUT2D eigenvalue weighted by Crippen LogP contribution is -2.29. The molecule has 0 aliphatic carbocycles. The third-order valence-corrected chi connectivity index (χ3v) is 7.21. The van der Waals surface area contributed by atoms with Gasteiger partial charge in [-0.05, 0) is 72.1 Å². The molecule has 0 bridgehead atoms. The predicted octanol–water partition coefficient (Wildman–Crippen LogP) is 7.65. The summed E-state index contributed by atoms with van der Waals surface area (Å²) in [4.78, 5) is 27.8. The van der Waals surface area contributed by atoms with E-state index in [-0.39, 0.29) is 27.1 Å². The molecule has 4 aromatic rings. The molecule has 1 amide bonds. The van der Waals surface area contributed by atoms with E-state index in [1.807, 2.05) is 37.3 Å². The number of benzene rings is 4. The molecular weight excluding hydrogens is 540 g/mol. The molecule has 1 atom stereocenters. The van der Waals surface area contributed by atoms with Crippen molar-refractivity contribution in [2.75, 3.05) is 4.90 Å². The quantitative estimate of drug-likeness (QED) is 0.149. The number of carbonyl (C=O) groups excluding carboxylic acids is 2. The van der Waals surface area contributed by atoms with Crippen LogP contribution in [-0.4, -0.2) is 16.8 Å². The van der Waals surface area contributed by atoms with Crippen LogP contribution in [0.15, 0.2) is 96.6 Å². The van der Waals surface area contributed by atoms with E-state index in [1.54, 1.807) is 24.3 Å². The fourth-order valence-corrected chi connectivity index (χ4v) is 4.88. The Kier molecular flexibility index (Phi) is 7.42. The van der Waals surface area contributed by atoms with Crippen molar-refractivity contribution < 1.29 is 23.8 Å². The van der Waals surface area contributed by atoms with Crippen LogP contribution >= 0.6 is 23.2 Å². The monoisotopic (exact) mass is 561 g/mol. The molecule has 1 unspecified atom stereocenters. The van der Waals surface area contributed by atoms with E-state index in [2.05, 4.69) is 0 Å². The molecule has 8 heteroatoms. The number of halogens is 3. The summed E-state index contributed by atoms with van der Waals surface area (Å²) in [6, 6.07) is 23.6. The van der Waals surface area contributed by atoms with E-state index >= 15 is 0 Å². The molecule has 0 saturated carbocycles. The van der Waals surface area contributed by atoms with Crippen molar-refractivity contribution in [3.8, 4) is 5.75 Å². The van der Waals surface area contributed by atoms with Crippen LogP contribution in [0.4, 0.5) is 10.1 Å². The van der Waals surface area contributed by atoms with E-state index in [9.17, 15) is 19.1 Å². The van der Waals surface area contributed by atoms with Crippen molar-refractivity contribution in [1.82, 2.24) is 0 Å². The second-order valence-corrected chi connectivity index (χ2v) is 9.89. The van der Waals surface area contributed by atoms with Crippen molar-refractivity contribution in [1.29, 1.82) is 0 Å². The first-order chi connectivity index (χ1) is 18.7. The van der Waals surface area contributed by atoms with Crippen molar-refractivity contribution in [3.63, 3.8) is 0 Å². The Bertz CT molecular complexity index is 1620. The number of ether oxygens (including phenoxy) is 1. The van der Waals surface area contributed by atoms with Crippen molar-refractivity contribution in [3.05, 3.63) is 135 Å². The van der Waals surface area contributed by atoms with Crippen LogP contribution < -0.4 is 9.64 Å². The van der Waals surface area contributed by atoms with Gasteiger partial charge in [0.15, 0.2) is 0 Å². The smallest absolute Gasteiger partial charge is 0.300 e. The summed E-state index contributed by atoms with van der Waals surface area (Å²) < 4.78 is 20.1. The number of hydrogen-bond acceptors (Lipinski definition) is 4. The molecule has 0 spiro atoms. The van der Waals surface area contributed by atoms with Crippen molar-refractivity contribution >= 4 is 46.3 Å². The van der Waals surface area contributed by atoms with Gasteiger partial charge in [-0.2, -0.15) is 0 Å². The van der Waals surface area contributed by atoms with Crippen molar-refractivity contribution in [2.24, 2.45) is 0 Å². The molecule has 1 aliphatic heterocycles. The largest absolute Gasteiger partial charge is 0.507 e. The van der Waals surface area contributed by atoms with E-state index in [0.717, 1.165) is 22.1 Å². The van der Waals surface area contributed by atoms with Crippen LogP contribution in [0.1, 0.15) is 28.3 Å². The minimum atomic E-state index is -1.07.